The third-order valence-electron chi connectivity index (χ3n) is 1.81. The SMILES string of the molecule is C=C(O)c1cc(OC)c(O)c(OC)c1. The molecule has 14 heavy (non-hydrogen) atoms. The van der Waals surface area contributed by atoms with Crippen molar-refractivity contribution in [2.75, 3.05) is 14.2 Å². The first kappa shape index (κ1) is 10.2. The standard InChI is InChI=1S/C10H12O4/c1-6(11)7-4-8(13-2)10(12)9(5-7)14-3/h4-5,11-12H,1H2,2-3H3. The Morgan fingerprint density at radius 1 is 1.21 bits per heavy atom. The van der Waals surface area contributed by atoms with E-state index in [1.54, 1.807) is 0 Å². The maximum Gasteiger partial charge on any atom is 0.200 e. The number of phenolic OH excluding ortho intramolecular Hbond substituents is 1. The lowest BCUT2D eigenvalue weighted by atomic mass is 10.1. The number of rotatable bonds is 3. The van der Waals surface area contributed by atoms with E-state index in [0.717, 1.165) is 0 Å². The first-order valence-corrected chi connectivity index (χ1v) is 3.93. The molecule has 0 bridgehead atoms. The van der Waals surface area contributed by atoms with E-state index < -0.39 is 0 Å². The lowest BCUT2D eigenvalue weighted by molar-refractivity contribution is 0.339. The first-order valence-electron chi connectivity index (χ1n) is 3.93. The molecule has 0 aromatic heterocycles. The highest BCUT2D eigenvalue weighted by Crippen LogP contribution is 2.38. The van der Waals surface area contributed by atoms with Crippen LogP contribution in [0.4, 0.5) is 0 Å². The molecule has 0 aliphatic rings. The Balaban J connectivity index is 3.32. The third kappa shape index (κ3) is 1.74. The number of hydrogen-bond donors (Lipinski definition) is 2. The van der Waals surface area contributed by atoms with E-state index in [4.69, 9.17) is 14.6 Å². The average molecular weight is 196 g/mol. The largest absolute Gasteiger partial charge is 0.508 e. The van der Waals surface area contributed by atoms with Crippen molar-refractivity contribution < 1.29 is 19.7 Å². The van der Waals surface area contributed by atoms with Crippen molar-refractivity contribution in [3.63, 3.8) is 0 Å². The summed E-state index contributed by atoms with van der Waals surface area (Å²) < 4.78 is 9.79. The van der Waals surface area contributed by atoms with Gasteiger partial charge in [-0.15, -0.1) is 0 Å². The summed E-state index contributed by atoms with van der Waals surface area (Å²) >= 11 is 0. The molecule has 1 aromatic rings. The lowest BCUT2D eigenvalue weighted by Gasteiger charge is -2.10. The number of aliphatic hydroxyl groups excluding tert-OH is 1. The van der Waals surface area contributed by atoms with Crippen LogP contribution < -0.4 is 9.47 Å². The molecule has 0 atom stereocenters. The molecule has 0 amide bonds. The average Bonchev–Trinajstić information content (AvgIpc) is 2.17. The summed E-state index contributed by atoms with van der Waals surface area (Å²) in [5.74, 6) is 0.255. The zero-order valence-electron chi connectivity index (χ0n) is 8.07. The van der Waals surface area contributed by atoms with Crippen LogP contribution in [-0.2, 0) is 0 Å². The minimum Gasteiger partial charge on any atom is -0.508 e. The second-order valence-electron chi connectivity index (χ2n) is 2.68. The summed E-state index contributed by atoms with van der Waals surface area (Å²) in [4.78, 5) is 0. The number of aliphatic hydroxyl groups is 1. The fraction of sp³-hybridized carbons (Fsp3) is 0.200. The highest BCUT2D eigenvalue weighted by molar-refractivity contribution is 5.64. The maximum absolute atomic E-state index is 9.53. The maximum atomic E-state index is 9.53. The van der Waals surface area contributed by atoms with E-state index in [9.17, 15) is 5.11 Å². The monoisotopic (exact) mass is 196 g/mol. The highest BCUT2D eigenvalue weighted by atomic mass is 16.5. The van der Waals surface area contributed by atoms with Gasteiger partial charge in [-0.2, -0.15) is 0 Å². The molecule has 4 heteroatoms. The Hall–Kier alpha value is -1.84. The molecule has 4 nitrogen and oxygen atoms in total. The van der Waals surface area contributed by atoms with E-state index in [1.807, 2.05) is 0 Å². The van der Waals surface area contributed by atoms with Gasteiger partial charge in [-0.25, -0.2) is 0 Å². The van der Waals surface area contributed by atoms with Crippen LogP contribution in [-0.4, -0.2) is 24.4 Å². The summed E-state index contributed by atoms with van der Waals surface area (Å²) in [7, 11) is 2.83. The van der Waals surface area contributed by atoms with E-state index in [0.29, 0.717) is 5.56 Å². The summed E-state index contributed by atoms with van der Waals surface area (Å²) in [6.07, 6.45) is 0. The van der Waals surface area contributed by atoms with Gasteiger partial charge in [0.15, 0.2) is 11.5 Å². The molecule has 0 aliphatic carbocycles. The van der Waals surface area contributed by atoms with E-state index in [1.165, 1.54) is 26.4 Å². The van der Waals surface area contributed by atoms with Crippen molar-refractivity contribution in [1.29, 1.82) is 0 Å². The second kappa shape index (κ2) is 3.91. The number of hydrogen-bond acceptors (Lipinski definition) is 4. The molecule has 0 heterocycles. The number of methoxy groups -OCH3 is 2. The number of benzene rings is 1. The Morgan fingerprint density at radius 3 is 1.93 bits per heavy atom. The Bertz CT molecular complexity index is 332. The topological polar surface area (TPSA) is 58.9 Å². The second-order valence-corrected chi connectivity index (χ2v) is 2.68. The first-order chi connectivity index (χ1) is 6.60. The number of aromatic hydroxyl groups is 1. The van der Waals surface area contributed by atoms with Gasteiger partial charge in [0.05, 0.1) is 14.2 Å². The molecular weight excluding hydrogens is 184 g/mol. The molecule has 1 rings (SSSR count). The smallest absolute Gasteiger partial charge is 0.200 e. The Labute approximate surface area is 82.0 Å². The lowest BCUT2D eigenvalue weighted by Crippen LogP contribution is -1.91. The molecule has 2 N–H and O–H groups in total. The van der Waals surface area contributed by atoms with Crippen LogP contribution in [0.5, 0.6) is 17.2 Å². The molecule has 0 radical (unpaired) electrons. The molecule has 76 valence electrons. The van der Waals surface area contributed by atoms with Crippen LogP contribution in [0.3, 0.4) is 0 Å². The molecule has 0 saturated carbocycles. The van der Waals surface area contributed by atoms with Gasteiger partial charge >= 0.3 is 0 Å². The van der Waals surface area contributed by atoms with Crippen molar-refractivity contribution in [3.05, 3.63) is 24.3 Å². The van der Waals surface area contributed by atoms with Crippen molar-refractivity contribution >= 4 is 5.76 Å². The van der Waals surface area contributed by atoms with Crippen LogP contribution in [0.15, 0.2) is 18.7 Å². The molecule has 0 unspecified atom stereocenters. The molecule has 0 aliphatic heterocycles. The summed E-state index contributed by atoms with van der Waals surface area (Å²) in [6.45, 7) is 3.37. The Morgan fingerprint density at radius 2 is 1.64 bits per heavy atom. The van der Waals surface area contributed by atoms with Crippen LogP contribution in [0.25, 0.3) is 5.76 Å². The van der Waals surface area contributed by atoms with Gasteiger partial charge in [0.2, 0.25) is 5.75 Å². The number of ether oxygens (including phenoxy) is 2. The van der Waals surface area contributed by atoms with Crippen molar-refractivity contribution in [2.45, 2.75) is 0 Å². The van der Waals surface area contributed by atoms with Crippen LogP contribution >= 0.6 is 0 Å². The van der Waals surface area contributed by atoms with Gasteiger partial charge in [-0.05, 0) is 12.1 Å². The third-order valence-corrected chi connectivity index (χ3v) is 1.81. The van der Waals surface area contributed by atoms with Gasteiger partial charge in [0.25, 0.3) is 0 Å². The fourth-order valence-corrected chi connectivity index (χ4v) is 1.06. The van der Waals surface area contributed by atoms with Crippen molar-refractivity contribution in [2.24, 2.45) is 0 Å². The van der Waals surface area contributed by atoms with Gasteiger partial charge in [-0.3, -0.25) is 0 Å². The van der Waals surface area contributed by atoms with Crippen LogP contribution in [0.2, 0.25) is 0 Å². The minimum atomic E-state index is -0.110. The van der Waals surface area contributed by atoms with Crippen LogP contribution in [0.1, 0.15) is 5.56 Å². The predicted octanol–water partition coefficient (Wildman–Crippen LogP) is 1.94. The van der Waals surface area contributed by atoms with E-state index in [2.05, 4.69) is 6.58 Å². The summed E-state index contributed by atoms with van der Waals surface area (Å²) in [5, 5.41) is 18.7. The summed E-state index contributed by atoms with van der Waals surface area (Å²) in [5.41, 5.74) is 0.441. The normalized spacial score (nSPS) is 9.57. The number of phenols is 1. The molecule has 0 saturated heterocycles. The van der Waals surface area contributed by atoms with Crippen molar-refractivity contribution in [3.8, 4) is 17.2 Å². The molecular formula is C10H12O4. The van der Waals surface area contributed by atoms with Crippen molar-refractivity contribution in [1.82, 2.24) is 0 Å². The fourth-order valence-electron chi connectivity index (χ4n) is 1.06. The zero-order valence-corrected chi connectivity index (χ0v) is 8.07. The highest BCUT2D eigenvalue weighted by Gasteiger charge is 2.11. The van der Waals surface area contributed by atoms with Crippen LogP contribution in [0, 0.1) is 0 Å². The van der Waals surface area contributed by atoms with Gasteiger partial charge < -0.3 is 19.7 Å². The van der Waals surface area contributed by atoms with Gasteiger partial charge in [-0.1, -0.05) is 6.58 Å². The Kier molecular flexibility index (Phi) is 2.86. The van der Waals surface area contributed by atoms with E-state index >= 15 is 0 Å². The predicted molar refractivity (Wildman–Crippen MR) is 52.9 cm³/mol. The molecule has 0 spiro atoms. The molecule has 0 fully saturated rings. The summed E-state index contributed by atoms with van der Waals surface area (Å²) in [6, 6.07) is 2.94. The minimum absolute atomic E-state index is 0.0972. The van der Waals surface area contributed by atoms with E-state index in [-0.39, 0.29) is 23.0 Å². The van der Waals surface area contributed by atoms with Gasteiger partial charge in [0, 0.05) is 5.56 Å². The zero-order chi connectivity index (χ0) is 10.7. The molecule has 1 aromatic carbocycles. The van der Waals surface area contributed by atoms with Gasteiger partial charge in [0.1, 0.15) is 5.76 Å². The quantitative estimate of drug-likeness (QED) is 0.725.